The van der Waals surface area contributed by atoms with Crippen LogP contribution in [0, 0.1) is 0 Å². The normalized spacial score (nSPS) is 12.8. The number of aromatic amines is 1. The topological polar surface area (TPSA) is 87.1 Å². The highest BCUT2D eigenvalue weighted by Gasteiger charge is 2.21. The summed E-state index contributed by atoms with van der Waals surface area (Å²) in [6.07, 6.45) is 2.57. The molecule has 1 aromatic carbocycles. The van der Waals surface area contributed by atoms with Crippen LogP contribution in [0.15, 0.2) is 29.1 Å². The molecule has 4 rings (SSSR count). The standard InChI is InChI=1S/C20H21N3O3.ClH/c1-21-10-14-6-13-8-15-11(9-17(13)23(14)2)4-3-5-12-7-16(20(25)26)19(24)22-18(12)15;/h6-9,21H,3-5,10H2,1-2H3,(H,22,24)(H,25,26);1H. The molecule has 2 heterocycles. The fourth-order valence-corrected chi connectivity index (χ4v) is 3.91. The molecule has 7 heteroatoms. The summed E-state index contributed by atoms with van der Waals surface area (Å²) in [7, 11) is 3.99. The van der Waals surface area contributed by atoms with Crippen molar-refractivity contribution in [1.29, 1.82) is 0 Å². The first-order valence-electron chi connectivity index (χ1n) is 8.75. The molecule has 0 saturated heterocycles. The molecule has 142 valence electrons. The molecule has 1 aliphatic rings. The predicted octanol–water partition coefficient (Wildman–Crippen LogP) is 2.86. The van der Waals surface area contributed by atoms with Crippen LogP contribution < -0.4 is 10.9 Å². The van der Waals surface area contributed by atoms with Crippen molar-refractivity contribution in [2.24, 2.45) is 7.05 Å². The van der Waals surface area contributed by atoms with Gasteiger partial charge in [-0.3, -0.25) is 4.79 Å². The monoisotopic (exact) mass is 387 g/mol. The smallest absolute Gasteiger partial charge is 0.341 e. The second-order valence-electron chi connectivity index (χ2n) is 6.86. The number of carboxylic acid groups (broad SMARTS) is 1. The minimum absolute atomic E-state index is 0. The predicted molar refractivity (Wildman–Crippen MR) is 108 cm³/mol. The lowest BCUT2D eigenvalue weighted by Gasteiger charge is -2.11. The van der Waals surface area contributed by atoms with Crippen molar-refractivity contribution in [3.05, 3.63) is 57.0 Å². The number of aryl methyl sites for hydroxylation is 3. The molecule has 0 saturated carbocycles. The first-order chi connectivity index (χ1) is 12.5. The minimum atomic E-state index is -1.19. The third-order valence-corrected chi connectivity index (χ3v) is 5.24. The van der Waals surface area contributed by atoms with Gasteiger partial charge in [0.2, 0.25) is 0 Å². The van der Waals surface area contributed by atoms with Crippen LogP contribution in [0.2, 0.25) is 0 Å². The molecule has 6 nitrogen and oxygen atoms in total. The van der Waals surface area contributed by atoms with E-state index in [0.717, 1.165) is 48.0 Å². The molecule has 0 radical (unpaired) electrons. The Balaban J connectivity index is 0.00000210. The zero-order valence-electron chi connectivity index (χ0n) is 15.3. The van der Waals surface area contributed by atoms with Crippen molar-refractivity contribution in [3.8, 4) is 11.3 Å². The molecule has 3 aromatic rings. The third-order valence-electron chi connectivity index (χ3n) is 5.24. The highest BCUT2D eigenvalue weighted by Crippen LogP contribution is 2.34. The second-order valence-corrected chi connectivity index (χ2v) is 6.86. The first kappa shape index (κ1) is 19.2. The lowest BCUT2D eigenvalue weighted by atomic mass is 9.99. The van der Waals surface area contributed by atoms with Crippen LogP contribution in [-0.2, 0) is 26.4 Å². The number of carbonyl (C=O) groups is 1. The van der Waals surface area contributed by atoms with E-state index in [9.17, 15) is 14.7 Å². The zero-order chi connectivity index (χ0) is 18.4. The van der Waals surface area contributed by atoms with Crippen molar-refractivity contribution in [2.75, 3.05) is 7.05 Å². The Kier molecular flexibility index (Phi) is 5.13. The van der Waals surface area contributed by atoms with E-state index in [-0.39, 0.29) is 18.0 Å². The van der Waals surface area contributed by atoms with Gasteiger partial charge in [-0.15, -0.1) is 12.4 Å². The number of aromatic carboxylic acids is 1. The Morgan fingerprint density at radius 3 is 2.67 bits per heavy atom. The molecule has 27 heavy (non-hydrogen) atoms. The molecule has 3 N–H and O–H groups in total. The average Bonchev–Trinajstić information content (AvgIpc) is 2.80. The van der Waals surface area contributed by atoms with Crippen LogP contribution in [0.5, 0.6) is 0 Å². The van der Waals surface area contributed by atoms with Gasteiger partial charge >= 0.3 is 5.97 Å². The summed E-state index contributed by atoms with van der Waals surface area (Å²) in [4.78, 5) is 26.3. The second kappa shape index (κ2) is 7.21. The van der Waals surface area contributed by atoms with Gasteiger partial charge in [0, 0.05) is 35.8 Å². The van der Waals surface area contributed by atoms with E-state index in [1.807, 2.05) is 7.05 Å². The highest BCUT2D eigenvalue weighted by atomic mass is 35.5. The number of hydrogen-bond donors (Lipinski definition) is 3. The van der Waals surface area contributed by atoms with Crippen molar-refractivity contribution < 1.29 is 9.90 Å². The summed E-state index contributed by atoms with van der Waals surface area (Å²) in [6.45, 7) is 0.783. The van der Waals surface area contributed by atoms with Gasteiger partial charge in [-0.1, -0.05) is 0 Å². The SMILES string of the molecule is CNCc1cc2cc3c(cc2n1C)CCCc1cc(C(=O)O)c(=O)[nH]c1-3.Cl. The number of rotatable bonds is 3. The largest absolute Gasteiger partial charge is 0.477 e. The quantitative estimate of drug-likeness (QED) is 0.645. The van der Waals surface area contributed by atoms with Crippen LogP contribution in [0.4, 0.5) is 0 Å². The molecule has 0 fully saturated rings. The maximum atomic E-state index is 12.2. The Morgan fingerprint density at radius 1 is 1.22 bits per heavy atom. The van der Waals surface area contributed by atoms with Gasteiger partial charge in [0.15, 0.2) is 0 Å². The summed E-state index contributed by atoms with van der Waals surface area (Å²) in [5.74, 6) is -1.19. The maximum Gasteiger partial charge on any atom is 0.341 e. The molecule has 0 aliphatic heterocycles. The summed E-state index contributed by atoms with van der Waals surface area (Å²) in [5, 5.41) is 13.5. The van der Waals surface area contributed by atoms with E-state index in [4.69, 9.17) is 0 Å². The maximum absolute atomic E-state index is 12.2. The van der Waals surface area contributed by atoms with Crippen molar-refractivity contribution in [1.82, 2.24) is 14.9 Å². The number of nitrogens with one attached hydrogen (secondary N) is 2. The van der Waals surface area contributed by atoms with Gasteiger partial charge in [0.25, 0.3) is 5.56 Å². The molecular formula is C20H22ClN3O3. The Morgan fingerprint density at radius 2 is 1.96 bits per heavy atom. The number of halogens is 1. The lowest BCUT2D eigenvalue weighted by molar-refractivity contribution is 0.0695. The van der Waals surface area contributed by atoms with Crippen LogP contribution in [0.25, 0.3) is 22.2 Å². The van der Waals surface area contributed by atoms with E-state index < -0.39 is 11.5 Å². The Labute approximate surface area is 162 Å². The summed E-state index contributed by atoms with van der Waals surface area (Å²) in [5.41, 5.74) is 5.46. The number of H-pyrrole nitrogens is 1. The first-order valence-corrected chi connectivity index (χ1v) is 8.75. The number of hydrogen-bond acceptors (Lipinski definition) is 3. The average molecular weight is 388 g/mol. The van der Waals surface area contributed by atoms with E-state index in [1.165, 1.54) is 22.8 Å². The van der Waals surface area contributed by atoms with Gasteiger partial charge in [-0.2, -0.15) is 0 Å². The fraction of sp³-hybridized carbons (Fsp3) is 0.300. The van der Waals surface area contributed by atoms with Crippen molar-refractivity contribution in [2.45, 2.75) is 25.8 Å². The molecule has 0 spiro atoms. The van der Waals surface area contributed by atoms with Crippen LogP contribution in [-0.4, -0.2) is 27.7 Å². The van der Waals surface area contributed by atoms with Gasteiger partial charge in [0.05, 0.1) is 5.69 Å². The van der Waals surface area contributed by atoms with E-state index in [1.54, 1.807) is 0 Å². The fourth-order valence-electron chi connectivity index (χ4n) is 3.91. The summed E-state index contributed by atoms with van der Waals surface area (Å²) in [6, 6.07) is 8.00. The van der Waals surface area contributed by atoms with Gasteiger partial charge in [-0.05, 0) is 61.7 Å². The van der Waals surface area contributed by atoms with Gasteiger partial charge < -0.3 is 20.0 Å². The molecule has 0 atom stereocenters. The number of pyridine rings is 1. The van der Waals surface area contributed by atoms with E-state index >= 15 is 0 Å². The van der Waals surface area contributed by atoms with Crippen molar-refractivity contribution >= 4 is 29.3 Å². The van der Waals surface area contributed by atoms with Gasteiger partial charge in [-0.25, -0.2) is 4.79 Å². The third kappa shape index (κ3) is 3.15. The zero-order valence-corrected chi connectivity index (χ0v) is 16.1. The molecule has 0 bridgehead atoms. The van der Waals surface area contributed by atoms with Crippen molar-refractivity contribution in [3.63, 3.8) is 0 Å². The van der Waals surface area contributed by atoms with E-state index in [2.05, 4.69) is 40.1 Å². The Hall–Kier alpha value is -2.57. The number of nitrogens with zero attached hydrogens (tertiary/aromatic N) is 1. The number of aromatic nitrogens is 2. The Bertz CT molecular complexity index is 1100. The number of fused-ring (bicyclic) bond motifs is 4. The van der Waals surface area contributed by atoms with Crippen LogP contribution in [0.1, 0.15) is 33.6 Å². The van der Waals surface area contributed by atoms with Gasteiger partial charge in [0.1, 0.15) is 5.56 Å². The summed E-state index contributed by atoms with van der Waals surface area (Å²) < 4.78 is 2.19. The van der Waals surface area contributed by atoms with Crippen LogP contribution in [0.3, 0.4) is 0 Å². The molecule has 2 aromatic heterocycles. The minimum Gasteiger partial charge on any atom is -0.477 e. The summed E-state index contributed by atoms with van der Waals surface area (Å²) >= 11 is 0. The number of carboxylic acids is 1. The lowest BCUT2D eigenvalue weighted by Crippen LogP contribution is -2.19. The molecular weight excluding hydrogens is 366 g/mol. The van der Waals surface area contributed by atoms with Crippen LogP contribution >= 0.6 is 12.4 Å². The van der Waals surface area contributed by atoms with E-state index in [0.29, 0.717) is 0 Å². The highest BCUT2D eigenvalue weighted by molar-refractivity contribution is 5.90. The molecule has 1 aliphatic carbocycles. The molecule has 0 amide bonds. The number of benzene rings is 1. The molecule has 0 unspecified atom stereocenters.